The van der Waals surface area contributed by atoms with Crippen molar-refractivity contribution in [3.05, 3.63) is 52.6 Å². The van der Waals surface area contributed by atoms with Crippen LogP contribution in [0.15, 0.2) is 33.4 Å². The van der Waals surface area contributed by atoms with Gasteiger partial charge in [0, 0.05) is 44.3 Å². The number of ether oxygens (including phenoxy) is 1. The SMILES string of the molecule is CCN=NC(=NC)c1nc2c(n1CC)CN([C@H]1CO[C@H](c3cc(F)ccc3F)[C@@H](N)C1)C2. The number of nitrogens with zero attached hydrogens (tertiary/aromatic N) is 6. The number of rotatable bonds is 5. The molecule has 1 aromatic carbocycles. The Balaban J connectivity index is 1.48. The van der Waals surface area contributed by atoms with E-state index < -0.39 is 23.8 Å². The first kappa shape index (κ1) is 22.6. The number of hydrogen-bond acceptors (Lipinski definition) is 6. The Bertz CT molecular complexity index is 1040. The van der Waals surface area contributed by atoms with E-state index in [9.17, 15) is 8.78 Å². The van der Waals surface area contributed by atoms with Gasteiger partial charge in [-0.15, -0.1) is 5.11 Å². The van der Waals surface area contributed by atoms with Crippen molar-refractivity contribution in [2.24, 2.45) is 21.0 Å². The zero-order chi connectivity index (χ0) is 22.8. The van der Waals surface area contributed by atoms with Gasteiger partial charge in [-0.05, 0) is 38.5 Å². The van der Waals surface area contributed by atoms with E-state index in [1.54, 1.807) is 7.05 Å². The summed E-state index contributed by atoms with van der Waals surface area (Å²) < 4.78 is 35.9. The number of benzene rings is 1. The third-order valence-corrected chi connectivity index (χ3v) is 6.08. The van der Waals surface area contributed by atoms with E-state index in [0.29, 0.717) is 38.5 Å². The van der Waals surface area contributed by atoms with Crippen LogP contribution in [0.25, 0.3) is 0 Å². The van der Waals surface area contributed by atoms with Crippen molar-refractivity contribution >= 4 is 5.84 Å². The second-order valence-electron chi connectivity index (χ2n) is 8.06. The molecule has 2 aliphatic rings. The van der Waals surface area contributed by atoms with Crippen molar-refractivity contribution in [3.63, 3.8) is 0 Å². The lowest BCUT2D eigenvalue weighted by molar-refractivity contribution is -0.0535. The van der Waals surface area contributed by atoms with Crippen molar-refractivity contribution in [3.8, 4) is 0 Å². The molecular weight excluding hydrogens is 416 g/mol. The highest BCUT2D eigenvalue weighted by atomic mass is 19.1. The van der Waals surface area contributed by atoms with Crippen LogP contribution in [0.3, 0.4) is 0 Å². The molecule has 0 amide bonds. The highest BCUT2D eigenvalue weighted by molar-refractivity contribution is 5.96. The van der Waals surface area contributed by atoms with Crippen LogP contribution in [-0.4, -0.2) is 52.6 Å². The van der Waals surface area contributed by atoms with Gasteiger partial charge in [0.1, 0.15) is 17.7 Å². The number of fused-ring (bicyclic) bond motifs is 1. The van der Waals surface area contributed by atoms with Gasteiger partial charge < -0.3 is 15.0 Å². The van der Waals surface area contributed by atoms with Crippen LogP contribution in [0.1, 0.15) is 49.1 Å². The molecule has 4 rings (SSSR count). The fourth-order valence-electron chi connectivity index (χ4n) is 4.53. The van der Waals surface area contributed by atoms with Gasteiger partial charge in [0.2, 0.25) is 5.84 Å². The summed E-state index contributed by atoms with van der Waals surface area (Å²) in [6.07, 6.45) is -0.0376. The Morgan fingerprint density at radius 1 is 1.28 bits per heavy atom. The molecule has 0 aliphatic carbocycles. The van der Waals surface area contributed by atoms with Crippen molar-refractivity contribution in [1.29, 1.82) is 0 Å². The second kappa shape index (κ2) is 9.51. The van der Waals surface area contributed by atoms with Crippen LogP contribution >= 0.6 is 0 Å². The molecule has 1 saturated heterocycles. The number of halogens is 2. The Morgan fingerprint density at radius 3 is 2.78 bits per heavy atom. The molecule has 10 heteroatoms. The minimum Gasteiger partial charge on any atom is -0.370 e. The average Bonchev–Trinajstić information content (AvgIpc) is 3.34. The van der Waals surface area contributed by atoms with E-state index in [2.05, 4.69) is 31.6 Å². The monoisotopic (exact) mass is 445 g/mol. The number of azo groups is 1. The maximum atomic E-state index is 14.2. The highest BCUT2D eigenvalue weighted by Gasteiger charge is 2.38. The molecule has 0 radical (unpaired) electrons. The molecule has 172 valence electrons. The molecule has 2 N–H and O–H groups in total. The molecule has 2 aliphatic heterocycles. The molecule has 1 aromatic heterocycles. The van der Waals surface area contributed by atoms with Crippen LogP contribution < -0.4 is 5.73 Å². The Labute approximate surface area is 186 Å². The maximum absolute atomic E-state index is 14.2. The lowest BCUT2D eigenvalue weighted by Crippen LogP contribution is -2.48. The first-order valence-corrected chi connectivity index (χ1v) is 11.0. The predicted octanol–water partition coefficient (Wildman–Crippen LogP) is 3.20. The third kappa shape index (κ3) is 4.22. The average molecular weight is 446 g/mol. The summed E-state index contributed by atoms with van der Waals surface area (Å²) in [6.45, 7) is 7.08. The Kier molecular flexibility index (Phi) is 6.73. The topological polar surface area (TPSA) is 93.4 Å². The molecule has 0 saturated carbocycles. The molecule has 32 heavy (non-hydrogen) atoms. The van der Waals surface area contributed by atoms with E-state index >= 15 is 0 Å². The standard InChI is InChI=1S/C22H29F2N7O/c1-4-27-29-21(26-3)22-28-18-10-30(11-19(18)31(22)5-2)14-9-17(25)20(32-12-14)15-8-13(23)6-7-16(15)24/h6-8,14,17,20H,4-5,9-12,25H2,1-3H3/t14-,17+,20-/m1/s1. The molecule has 0 spiro atoms. The van der Waals surface area contributed by atoms with E-state index in [0.717, 1.165) is 35.9 Å². The van der Waals surface area contributed by atoms with E-state index in [1.807, 2.05) is 6.92 Å². The van der Waals surface area contributed by atoms with Crippen LogP contribution in [0, 0.1) is 11.6 Å². The van der Waals surface area contributed by atoms with Gasteiger partial charge >= 0.3 is 0 Å². The van der Waals surface area contributed by atoms with Crippen LogP contribution in [0.4, 0.5) is 8.78 Å². The lowest BCUT2D eigenvalue weighted by atomic mass is 9.93. The normalized spacial score (nSPS) is 24.4. The quantitative estimate of drug-likeness (QED) is 0.435. The fraction of sp³-hybridized carbons (Fsp3) is 0.545. The first-order valence-electron chi connectivity index (χ1n) is 11.0. The summed E-state index contributed by atoms with van der Waals surface area (Å²) >= 11 is 0. The zero-order valence-electron chi connectivity index (χ0n) is 18.6. The Morgan fingerprint density at radius 2 is 2.09 bits per heavy atom. The van der Waals surface area contributed by atoms with E-state index in [4.69, 9.17) is 15.5 Å². The number of amidine groups is 1. The maximum Gasteiger partial charge on any atom is 0.212 e. The van der Waals surface area contributed by atoms with E-state index in [-0.39, 0.29) is 11.6 Å². The second-order valence-corrected chi connectivity index (χ2v) is 8.06. The van der Waals surface area contributed by atoms with Crippen LogP contribution in [0.5, 0.6) is 0 Å². The first-order chi connectivity index (χ1) is 15.5. The number of hydrogen-bond donors (Lipinski definition) is 1. The van der Waals surface area contributed by atoms with Gasteiger partial charge in [-0.3, -0.25) is 9.89 Å². The minimum absolute atomic E-state index is 0.0694. The summed E-state index contributed by atoms with van der Waals surface area (Å²) in [5.74, 6) is 0.259. The number of imidazole rings is 1. The van der Waals surface area contributed by atoms with Crippen LogP contribution in [-0.2, 0) is 24.4 Å². The summed E-state index contributed by atoms with van der Waals surface area (Å²) in [5, 5.41) is 8.27. The fourth-order valence-corrected chi connectivity index (χ4v) is 4.53. The van der Waals surface area contributed by atoms with E-state index in [1.165, 1.54) is 6.07 Å². The predicted molar refractivity (Wildman–Crippen MR) is 116 cm³/mol. The number of nitrogens with two attached hydrogens (primary N) is 1. The largest absolute Gasteiger partial charge is 0.370 e. The number of aliphatic imine (C=N–C) groups is 1. The van der Waals surface area contributed by atoms with Crippen molar-refractivity contribution in [1.82, 2.24) is 14.5 Å². The van der Waals surface area contributed by atoms with Gasteiger partial charge in [0.05, 0.1) is 24.5 Å². The van der Waals surface area contributed by atoms with Gasteiger partial charge in [-0.1, -0.05) is 0 Å². The summed E-state index contributed by atoms with van der Waals surface area (Å²) in [4.78, 5) is 11.3. The Hall–Kier alpha value is -2.56. The van der Waals surface area contributed by atoms with Gasteiger partial charge in [-0.25, -0.2) is 13.8 Å². The molecular formula is C22H29F2N7O. The van der Waals surface area contributed by atoms with Crippen molar-refractivity contribution < 1.29 is 13.5 Å². The molecule has 2 aromatic rings. The summed E-state index contributed by atoms with van der Waals surface area (Å²) in [7, 11) is 1.69. The van der Waals surface area contributed by atoms with Crippen LogP contribution in [0.2, 0.25) is 0 Å². The molecule has 0 unspecified atom stereocenters. The summed E-state index contributed by atoms with van der Waals surface area (Å²) in [6, 6.07) is 3.02. The van der Waals surface area contributed by atoms with Gasteiger partial charge in [-0.2, -0.15) is 5.11 Å². The molecule has 0 bridgehead atoms. The zero-order valence-corrected chi connectivity index (χ0v) is 18.6. The molecule has 3 heterocycles. The summed E-state index contributed by atoms with van der Waals surface area (Å²) in [5.41, 5.74) is 8.65. The highest BCUT2D eigenvalue weighted by Crippen LogP contribution is 2.34. The van der Waals surface area contributed by atoms with Gasteiger partial charge in [0.15, 0.2) is 5.82 Å². The minimum atomic E-state index is -0.659. The number of aromatic nitrogens is 2. The molecule has 3 atom stereocenters. The van der Waals surface area contributed by atoms with Crippen molar-refractivity contribution in [2.45, 2.75) is 58.1 Å². The smallest absolute Gasteiger partial charge is 0.212 e. The lowest BCUT2D eigenvalue weighted by Gasteiger charge is -2.38. The molecule has 8 nitrogen and oxygen atoms in total. The van der Waals surface area contributed by atoms with Crippen molar-refractivity contribution in [2.75, 3.05) is 20.2 Å². The molecule has 1 fully saturated rings. The third-order valence-electron chi connectivity index (χ3n) is 6.08. The van der Waals surface area contributed by atoms with Gasteiger partial charge in [0.25, 0.3) is 0 Å².